The number of aryl methyl sites for hydroxylation is 1. The lowest BCUT2D eigenvalue weighted by molar-refractivity contribution is -0.113. The predicted molar refractivity (Wildman–Crippen MR) is 98.4 cm³/mol. The number of carbonyl (C=O) groups excluding carboxylic acids is 1. The molecular formula is C17H13N5OS2. The Bertz CT molecular complexity index is 934. The van der Waals surface area contributed by atoms with Gasteiger partial charge >= 0.3 is 0 Å². The summed E-state index contributed by atoms with van der Waals surface area (Å²) in [6, 6.07) is 9.31. The summed E-state index contributed by atoms with van der Waals surface area (Å²) in [5, 5.41) is 15.0. The lowest BCUT2D eigenvalue weighted by Crippen LogP contribution is -2.14. The van der Waals surface area contributed by atoms with Gasteiger partial charge in [-0.25, -0.2) is 9.97 Å². The third-order valence-electron chi connectivity index (χ3n) is 3.16. The fraction of sp³-hybridized carbons (Fsp3) is 0.118. The van der Waals surface area contributed by atoms with Gasteiger partial charge in [0.2, 0.25) is 5.91 Å². The number of anilines is 1. The number of pyridine rings is 2. The van der Waals surface area contributed by atoms with Crippen LogP contribution in [-0.4, -0.2) is 26.6 Å². The van der Waals surface area contributed by atoms with E-state index < -0.39 is 0 Å². The molecular weight excluding hydrogens is 354 g/mol. The number of carbonyl (C=O) groups is 1. The number of nitrogens with zero attached hydrogens (tertiary/aromatic N) is 4. The molecule has 0 bridgehead atoms. The highest BCUT2D eigenvalue weighted by Crippen LogP contribution is 2.25. The van der Waals surface area contributed by atoms with E-state index in [1.165, 1.54) is 23.1 Å². The molecule has 0 aromatic carbocycles. The second-order valence-corrected chi connectivity index (χ2v) is 6.85. The molecule has 1 amide bonds. The van der Waals surface area contributed by atoms with Crippen molar-refractivity contribution >= 4 is 34.1 Å². The minimum atomic E-state index is -0.181. The van der Waals surface area contributed by atoms with Gasteiger partial charge in [0.05, 0.1) is 22.7 Å². The summed E-state index contributed by atoms with van der Waals surface area (Å²) >= 11 is 2.61. The predicted octanol–water partition coefficient (Wildman–Crippen LogP) is 3.51. The van der Waals surface area contributed by atoms with E-state index in [1.54, 1.807) is 24.5 Å². The molecule has 8 heteroatoms. The molecule has 3 aromatic rings. The minimum absolute atomic E-state index is 0.153. The van der Waals surface area contributed by atoms with Crippen LogP contribution in [0.4, 0.5) is 5.13 Å². The molecule has 0 aliphatic rings. The van der Waals surface area contributed by atoms with E-state index in [2.05, 4.69) is 26.3 Å². The number of amides is 1. The maximum absolute atomic E-state index is 12.1. The summed E-state index contributed by atoms with van der Waals surface area (Å²) in [4.78, 5) is 24.8. The quantitative estimate of drug-likeness (QED) is 0.694. The number of rotatable bonds is 5. The third kappa shape index (κ3) is 4.41. The van der Waals surface area contributed by atoms with Gasteiger partial charge in [-0.3, -0.25) is 9.78 Å². The normalized spacial score (nSPS) is 10.2. The molecule has 0 atom stereocenters. The van der Waals surface area contributed by atoms with Crippen LogP contribution < -0.4 is 5.32 Å². The van der Waals surface area contributed by atoms with E-state index >= 15 is 0 Å². The summed E-state index contributed by atoms with van der Waals surface area (Å²) in [7, 11) is 0. The Kier molecular flexibility index (Phi) is 5.38. The molecule has 6 nitrogen and oxygen atoms in total. The molecule has 0 spiro atoms. The number of thioether (sulfide) groups is 1. The third-order valence-corrected chi connectivity index (χ3v) is 5.03. The number of hydrogen-bond acceptors (Lipinski definition) is 7. The average molecular weight is 367 g/mol. The standard InChI is InChI=1S/C17H13N5OS2/c1-11-9-25-17(20-11)22-15(23)10-24-16-13(8-18)2-3-14(21-16)12-4-6-19-7-5-12/h2-7,9H,10H2,1H3,(H,20,22,23). The highest BCUT2D eigenvalue weighted by atomic mass is 32.2. The Morgan fingerprint density at radius 3 is 2.76 bits per heavy atom. The van der Waals surface area contributed by atoms with Gasteiger partial charge in [-0.1, -0.05) is 11.8 Å². The van der Waals surface area contributed by atoms with Crippen molar-refractivity contribution in [1.82, 2.24) is 15.0 Å². The minimum Gasteiger partial charge on any atom is -0.301 e. The summed E-state index contributed by atoms with van der Waals surface area (Å²) in [5.74, 6) is -0.0283. The van der Waals surface area contributed by atoms with Crippen molar-refractivity contribution in [2.24, 2.45) is 0 Å². The van der Waals surface area contributed by atoms with E-state index in [4.69, 9.17) is 0 Å². The number of nitriles is 1. The molecule has 0 saturated heterocycles. The van der Waals surface area contributed by atoms with Crippen molar-refractivity contribution in [3.8, 4) is 17.3 Å². The van der Waals surface area contributed by atoms with Crippen LogP contribution in [0.25, 0.3) is 11.3 Å². The van der Waals surface area contributed by atoms with Crippen LogP contribution >= 0.6 is 23.1 Å². The Hall–Kier alpha value is -2.76. The second kappa shape index (κ2) is 7.88. The molecule has 3 heterocycles. The summed E-state index contributed by atoms with van der Waals surface area (Å²) in [5.41, 5.74) is 2.95. The Morgan fingerprint density at radius 1 is 1.28 bits per heavy atom. The molecule has 124 valence electrons. The largest absolute Gasteiger partial charge is 0.301 e. The van der Waals surface area contributed by atoms with Gasteiger partial charge in [-0.15, -0.1) is 11.3 Å². The van der Waals surface area contributed by atoms with E-state index in [0.29, 0.717) is 15.7 Å². The van der Waals surface area contributed by atoms with Crippen LogP contribution in [0, 0.1) is 18.3 Å². The fourth-order valence-electron chi connectivity index (χ4n) is 2.02. The first-order valence-corrected chi connectivity index (χ1v) is 9.18. The van der Waals surface area contributed by atoms with Crippen molar-refractivity contribution in [2.75, 3.05) is 11.1 Å². The molecule has 1 N–H and O–H groups in total. The van der Waals surface area contributed by atoms with Gasteiger partial charge in [0, 0.05) is 23.3 Å². The van der Waals surface area contributed by atoms with E-state index in [0.717, 1.165) is 17.0 Å². The summed E-state index contributed by atoms with van der Waals surface area (Å²) < 4.78 is 0. The molecule has 0 saturated carbocycles. The molecule has 0 radical (unpaired) electrons. The maximum Gasteiger partial charge on any atom is 0.236 e. The number of aromatic nitrogens is 3. The fourth-order valence-corrected chi connectivity index (χ4v) is 3.50. The highest BCUT2D eigenvalue weighted by molar-refractivity contribution is 8.00. The lowest BCUT2D eigenvalue weighted by atomic mass is 10.1. The van der Waals surface area contributed by atoms with Gasteiger partial charge in [0.25, 0.3) is 0 Å². The van der Waals surface area contributed by atoms with Crippen molar-refractivity contribution in [1.29, 1.82) is 5.26 Å². The smallest absolute Gasteiger partial charge is 0.236 e. The van der Waals surface area contributed by atoms with Gasteiger partial charge in [0.1, 0.15) is 11.1 Å². The van der Waals surface area contributed by atoms with E-state index in [1.807, 2.05) is 24.4 Å². The van der Waals surface area contributed by atoms with E-state index in [-0.39, 0.29) is 11.7 Å². The molecule has 0 aliphatic carbocycles. The Balaban J connectivity index is 1.72. The van der Waals surface area contributed by atoms with Gasteiger partial charge in [-0.05, 0) is 31.2 Å². The topological polar surface area (TPSA) is 91.6 Å². The molecule has 0 fully saturated rings. The van der Waals surface area contributed by atoms with Crippen LogP contribution in [0.1, 0.15) is 11.3 Å². The van der Waals surface area contributed by atoms with Crippen LogP contribution in [0.2, 0.25) is 0 Å². The van der Waals surface area contributed by atoms with Crippen LogP contribution in [0.5, 0.6) is 0 Å². The molecule has 25 heavy (non-hydrogen) atoms. The number of thiazole rings is 1. The number of nitrogens with one attached hydrogen (secondary N) is 1. The van der Waals surface area contributed by atoms with Crippen molar-refractivity contribution in [3.63, 3.8) is 0 Å². The lowest BCUT2D eigenvalue weighted by Gasteiger charge is -2.06. The molecule has 3 aromatic heterocycles. The summed E-state index contributed by atoms with van der Waals surface area (Å²) in [6.07, 6.45) is 3.37. The van der Waals surface area contributed by atoms with Gasteiger partial charge in [0.15, 0.2) is 5.13 Å². The monoisotopic (exact) mass is 367 g/mol. The first kappa shape index (κ1) is 17.1. The highest BCUT2D eigenvalue weighted by Gasteiger charge is 2.11. The van der Waals surface area contributed by atoms with Gasteiger partial charge in [-0.2, -0.15) is 5.26 Å². The molecule has 3 rings (SSSR count). The van der Waals surface area contributed by atoms with E-state index in [9.17, 15) is 10.1 Å². The molecule has 0 aliphatic heterocycles. The second-order valence-electron chi connectivity index (χ2n) is 5.03. The Morgan fingerprint density at radius 2 is 2.08 bits per heavy atom. The molecule has 0 unspecified atom stereocenters. The average Bonchev–Trinajstić information content (AvgIpc) is 3.05. The van der Waals surface area contributed by atoms with Crippen LogP contribution in [-0.2, 0) is 4.79 Å². The zero-order valence-electron chi connectivity index (χ0n) is 13.3. The first-order chi connectivity index (χ1) is 12.2. The van der Waals surface area contributed by atoms with Crippen LogP contribution in [0.3, 0.4) is 0 Å². The SMILES string of the molecule is Cc1csc(NC(=O)CSc2nc(-c3ccncc3)ccc2C#N)n1. The first-order valence-electron chi connectivity index (χ1n) is 7.32. The zero-order chi connectivity index (χ0) is 17.6. The van der Waals surface area contributed by atoms with Gasteiger partial charge < -0.3 is 5.32 Å². The van der Waals surface area contributed by atoms with Crippen molar-refractivity contribution < 1.29 is 4.79 Å². The summed E-state index contributed by atoms with van der Waals surface area (Å²) in [6.45, 7) is 1.87. The zero-order valence-corrected chi connectivity index (χ0v) is 14.9. The number of hydrogen-bond donors (Lipinski definition) is 1. The van der Waals surface area contributed by atoms with Crippen molar-refractivity contribution in [2.45, 2.75) is 11.9 Å². The van der Waals surface area contributed by atoms with Crippen molar-refractivity contribution in [3.05, 3.63) is 53.3 Å². The Labute approximate surface area is 153 Å². The van der Waals surface area contributed by atoms with Crippen LogP contribution in [0.15, 0.2) is 47.1 Å². The maximum atomic E-state index is 12.1.